The molecule has 2 amide bonds. The van der Waals surface area contributed by atoms with Gasteiger partial charge < -0.3 is 20.1 Å². The van der Waals surface area contributed by atoms with E-state index in [0.29, 0.717) is 6.42 Å². The molecule has 178 valence electrons. The number of carbonyl (C=O) groups is 3. The molecule has 2 fully saturated rings. The van der Waals surface area contributed by atoms with Gasteiger partial charge in [-0.05, 0) is 40.5 Å². The Labute approximate surface area is 194 Å². The van der Waals surface area contributed by atoms with E-state index < -0.39 is 36.4 Å². The molecule has 1 heterocycles. The minimum absolute atomic E-state index is 0.000993. The summed E-state index contributed by atoms with van der Waals surface area (Å²) in [5.74, 6) is -7.26. The summed E-state index contributed by atoms with van der Waals surface area (Å²) in [6.45, 7) is -1.12. The van der Waals surface area contributed by atoms with Gasteiger partial charge in [0.15, 0.2) is 0 Å². The van der Waals surface area contributed by atoms with Gasteiger partial charge in [0.25, 0.3) is 5.91 Å². The van der Waals surface area contributed by atoms with Crippen LogP contribution in [0.1, 0.15) is 23.5 Å². The Bertz CT molecular complexity index is 1110. The number of likely N-dealkylation sites (tertiary alicyclic amines) is 1. The Morgan fingerprint density at radius 3 is 2.26 bits per heavy atom. The maximum Gasteiger partial charge on any atom is 0.407 e. The van der Waals surface area contributed by atoms with Crippen molar-refractivity contribution in [3.05, 3.63) is 59.7 Å². The lowest BCUT2D eigenvalue weighted by Gasteiger charge is -2.29. The molecule has 7 nitrogen and oxygen atoms in total. The van der Waals surface area contributed by atoms with Crippen molar-refractivity contribution in [2.45, 2.75) is 18.3 Å². The van der Waals surface area contributed by atoms with Crippen molar-refractivity contribution in [3.63, 3.8) is 0 Å². The lowest BCUT2D eigenvalue weighted by molar-refractivity contribution is -0.157. The predicted molar refractivity (Wildman–Crippen MR) is 117 cm³/mol. The molecule has 1 saturated heterocycles. The van der Waals surface area contributed by atoms with Gasteiger partial charge in [-0.25, -0.2) is 4.79 Å². The van der Waals surface area contributed by atoms with Crippen LogP contribution in [0.3, 0.4) is 0 Å². The highest BCUT2D eigenvalue weighted by molar-refractivity contribution is 5.85. The van der Waals surface area contributed by atoms with Crippen LogP contribution in [0.25, 0.3) is 11.1 Å². The zero-order chi connectivity index (χ0) is 24.0. The topological polar surface area (TPSA) is 95.9 Å². The summed E-state index contributed by atoms with van der Waals surface area (Å²) in [6, 6.07) is 15.5. The van der Waals surface area contributed by atoms with Crippen molar-refractivity contribution in [1.29, 1.82) is 0 Å². The SMILES string of the molecule is O=C(NCC(F)(F)C(=O)N1CCC2C(C1)C2C(=O)O)OCC1c2ccccc2-c2ccccc21. The number of hydrogen-bond acceptors (Lipinski definition) is 4. The van der Waals surface area contributed by atoms with Crippen LogP contribution < -0.4 is 5.32 Å². The van der Waals surface area contributed by atoms with Crippen LogP contribution in [0, 0.1) is 17.8 Å². The highest BCUT2D eigenvalue weighted by Gasteiger charge is 2.58. The van der Waals surface area contributed by atoms with Crippen LogP contribution in [0.15, 0.2) is 48.5 Å². The van der Waals surface area contributed by atoms with Crippen LogP contribution in [0.2, 0.25) is 0 Å². The number of alkyl halides is 2. The summed E-state index contributed by atoms with van der Waals surface area (Å²) in [5.41, 5.74) is 4.10. The number of carboxylic acids is 1. The lowest BCUT2D eigenvalue weighted by Crippen LogP contribution is -2.51. The van der Waals surface area contributed by atoms with Gasteiger partial charge in [0.1, 0.15) is 6.61 Å². The summed E-state index contributed by atoms with van der Waals surface area (Å²) in [7, 11) is 0. The second kappa shape index (κ2) is 8.38. The van der Waals surface area contributed by atoms with Crippen molar-refractivity contribution >= 4 is 18.0 Å². The standard InChI is InChI=1S/C25H24F2N2O5/c26-25(27,23(32)29-10-9-18-19(11-29)21(18)22(30)31)13-28-24(33)34-12-20-16-7-3-1-5-14(16)15-6-2-4-8-17(15)20/h1-8,18-21H,9-13H2,(H,28,33)(H,30,31). The quantitative estimate of drug-likeness (QED) is 0.675. The van der Waals surface area contributed by atoms with Crippen LogP contribution >= 0.6 is 0 Å². The minimum Gasteiger partial charge on any atom is -0.481 e. The molecule has 1 saturated carbocycles. The van der Waals surface area contributed by atoms with Gasteiger partial charge in [0.2, 0.25) is 0 Å². The van der Waals surface area contributed by atoms with Crippen molar-refractivity contribution in [3.8, 4) is 11.1 Å². The fourth-order valence-corrected chi connectivity index (χ4v) is 5.43. The Kier molecular flexibility index (Phi) is 5.50. The number of fused-ring (bicyclic) bond motifs is 4. The van der Waals surface area contributed by atoms with E-state index in [0.717, 1.165) is 27.2 Å². The molecule has 2 aliphatic carbocycles. The molecule has 9 heteroatoms. The molecule has 5 rings (SSSR count). The van der Waals surface area contributed by atoms with Gasteiger partial charge >= 0.3 is 18.0 Å². The zero-order valence-electron chi connectivity index (χ0n) is 18.2. The summed E-state index contributed by atoms with van der Waals surface area (Å²) >= 11 is 0. The molecule has 2 aromatic carbocycles. The number of amides is 2. The highest BCUT2D eigenvalue weighted by Crippen LogP contribution is 2.52. The molecule has 2 aromatic rings. The number of rotatable bonds is 6. The Morgan fingerprint density at radius 2 is 1.65 bits per heavy atom. The number of nitrogens with zero attached hydrogens (tertiary/aromatic N) is 1. The van der Waals surface area contributed by atoms with Gasteiger partial charge in [-0.3, -0.25) is 9.59 Å². The molecule has 0 bridgehead atoms. The number of hydrogen-bond donors (Lipinski definition) is 2. The summed E-state index contributed by atoms with van der Waals surface area (Å²) < 4.78 is 34.3. The lowest BCUT2D eigenvalue weighted by atomic mass is 9.98. The fourth-order valence-electron chi connectivity index (χ4n) is 5.43. The van der Waals surface area contributed by atoms with Crippen molar-refractivity contribution in [2.24, 2.45) is 17.8 Å². The molecular weight excluding hydrogens is 446 g/mol. The third-order valence-corrected chi connectivity index (χ3v) is 7.18. The molecule has 1 aliphatic heterocycles. The Hall–Kier alpha value is -3.49. The molecule has 3 unspecified atom stereocenters. The average molecular weight is 470 g/mol. The second-order valence-corrected chi connectivity index (χ2v) is 9.12. The first-order chi connectivity index (χ1) is 16.3. The Balaban J connectivity index is 1.15. The van der Waals surface area contributed by atoms with Crippen LogP contribution in [-0.4, -0.2) is 60.1 Å². The minimum atomic E-state index is -3.81. The number of benzene rings is 2. The average Bonchev–Trinajstić information content (AvgIpc) is 3.48. The van der Waals surface area contributed by atoms with E-state index in [4.69, 9.17) is 9.84 Å². The molecular formula is C25H24F2N2O5. The largest absolute Gasteiger partial charge is 0.481 e. The molecule has 0 spiro atoms. The van der Waals surface area contributed by atoms with Gasteiger partial charge in [-0.2, -0.15) is 8.78 Å². The van der Waals surface area contributed by atoms with E-state index >= 15 is 0 Å². The monoisotopic (exact) mass is 470 g/mol. The molecule has 3 atom stereocenters. The number of carboxylic acid groups (broad SMARTS) is 1. The Morgan fingerprint density at radius 1 is 1.03 bits per heavy atom. The van der Waals surface area contributed by atoms with E-state index in [1.807, 2.05) is 53.8 Å². The summed E-state index contributed by atoms with van der Waals surface area (Å²) in [4.78, 5) is 36.7. The normalized spacial score (nSPS) is 22.9. The van der Waals surface area contributed by atoms with Crippen molar-refractivity contribution in [1.82, 2.24) is 10.2 Å². The number of halogens is 2. The van der Waals surface area contributed by atoms with E-state index in [2.05, 4.69) is 0 Å². The second-order valence-electron chi connectivity index (χ2n) is 9.12. The predicted octanol–water partition coefficient (Wildman–Crippen LogP) is 3.34. The first kappa shape index (κ1) is 22.3. The number of piperidine rings is 1. The maximum absolute atomic E-state index is 14.5. The number of alkyl carbamates (subject to hydrolysis) is 1. The van der Waals surface area contributed by atoms with E-state index in [1.165, 1.54) is 0 Å². The van der Waals surface area contributed by atoms with Gasteiger partial charge in [0.05, 0.1) is 12.5 Å². The van der Waals surface area contributed by atoms with E-state index in [1.54, 1.807) is 0 Å². The van der Waals surface area contributed by atoms with Crippen LogP contribution in [0.4, 0.5) is 13.6 Å². The van der Waals surface area contributed by atoms with E-state index in [9.17, 15) is 23.2 Å². The maximum atomic E-state index is 14.5. The van der Waals surface area contributed by atoms with Gasteiger partial charge in [-0.1, -0.05) is 48.5 Å². The smallest absolute Gasteiger partial charge is 0.407 e. The summed E-state index contributed by atoms with van der Waals surface area (Å²) in [6.07, 6.45) is -0.635. The van der Waals surface area contributed by atoms with Crippen LogP contribution in [0.5, 0.6) is 0 Å². The third-order valence-electron chi connectivity index (χ3n) is 7.18. The molecule has 3 aliphatic rings. The molecule has 0 aromatic heterocycles. The zero-order valence-corrected chi connectivity index (χ0v) is 18.2. The van der Waals surface area contributed by atoms with Gasteiger partial charge in [0, 0.05) is 19.0 Å². The summed E-state index contributed by atoms with van der Waals surface area (Å²) in [5, 5.41) is 11.1. The van der Waals surface area contributed by atoms with E-state index in [-0.39, 0.29) is 37.5 Å². The number of nitrogens with one attached hydrogen (secondary N) is 1. The molecule has 0 radical (unpaired) electrons. The van der Waals surface area contributed by atoms with Crippen molar-refractivity contribution in [2.75, 3.05) is 26.2 Å². The van der Waals surface area contributed by atoms with Gasteiger partial charge in [-0.15, -0.1) is 0 Å². The highest BCUT2D eigenvalue weighted by atomic mass is 19.3. The third kappa shape index (κ3) is 3.89. The number of ether oxygens (including phenoxy) is 1. The fraction of sp³-hybridized carbons (Fsp3) is 0.400. The number of carbonyl (C=O) groups excluding carboxylic acids is 2. The van der Waals surface area contributed by atoms with Crippen molar-refractivity contribution < 1.29 is 33.0 Å². The molecule has 34 heavy (non-hydrogen) atoms. The molecule has 2 N–H and O–H groups in total. The number of aliphatic carboxylic acids is 1. The van der Waals surface area contributed by atoms with Crippen LogP contribution in [-0.2, 0) is 14.3 Å². The first-order valence-electron chi connectivity index (χ1n) is 11.3. The first-order valence-corrected chi connectivity index (χ1v) is 11.3.